The molecule has 0 radical (unpaired) electrons. The molecule has 0 unspecified atom stereocenters. The Bertz CT molecular complexity index is 256. The standard InChI is InChI=1S/C6H7F3N2O/c1-2-12-5-3-4(10-11-5)6(7,8)9/h3H,2H2,1H3,(H,10,11). The minimum atomic E-state index is -4.39. The molecule has 1 heterocycles. The maximum atomic E-state index is 11.9. The highest BCUT2D eigenvalue weighted by molar-refractivity contribution is 5.16. The first-order valence-electron chi connectivity index (χ1n) is 3.29. The van der Waals surface area contributed by atoms with Gasteiger partial charge in [-0.2, -0.15) is 13.2 Å². The Kier molecular flexibility index (Phi) is 2.25. The van der Waals surface area contributed by atoms with Gasteiger partial charge in [0, 0.05) is 6.07 Å². The summed E-state index contributed by atoms with van der Waals surface area (Å²) < 4.78 is 40.5. The zero-order valence-electron chi connectivity index (χ0n) is 6.27. The van der Waals surface area contributed by atoms with Crippen molar-refractivity contribution < 1.29 is 17.9 Å². The first-order chi connectivity index (χ1) is 5.54. The number of nitrogens with one attached hydrogen (secondary N) is 1. The van der Waals surface area contributed by atoms with E-state index in [1.165, 1.54) is 0 Å². The number of aromatic amines is 1. The van der Waals surface area contributed by atoms with E-state index in [4.69, 9.17) is 4.74 Å². The summed E-state index contributed by atoms with van der Waals surface area (Å²) in [5.41, 5.74) is -0.897. The maximum Gasteiger partial charge on any atom is 0.432 e. The molecule has 0 amide bonds. The van der Waals surface area contributed by atoms with Crippen molar-refractivity contribution in [1.29, 1.82) is 0 Å². The van der Waals surface area contributed by atoms with Crippen molar-refractivity contribution in [3.05, 3.63) is 11.8 Å². The number of hydrogen-bond donors (Lipinski definition) is 1. The van der Waals surface area contributed by atoms with Crippen molar-refractivity contribution in [2.45, 2.75) is 13.1 Å². The minimum absolute atomic E-state index is 0.0372. The SMILES string of the molecule is CCOc1cc(C(F)(F)F)[nH]n1. The second kappa shape index (κ2) is 3.04. The summed E-state index contributed by atoms with van der Waals surface area (Å²) in [5, 5.41) is 5.14. The smallest absolute Gasteiger partial charge is 0.432 e. The number of hydrogen-bond acceptors (Lipinski definition) is 2. The monoisotopic (exact) mass is 180 g/mol. The second-order valence-electron chi connectivity index (χ2n) is 2.05. The maximum absolute atomic E-state index is 11.9. The average molecular weight is 180 g/mol. The van der Waals surface area contributed by atoms with Gasteiger partial charge in [0.05, 0.1) is 6.61 Å². The molecule has 1 rings (SSSR count). The number of rotatable bonds is 2. The number of ether oxygens (including phenoxy) is 1. The van der Waals surface area contributed by atoms with Crippen LogP contribution in [0.2, 0.25) is 0 Å². The predicted octanol–water partition coefficient (Wildman–Crippen LogP) is 1.83. The van der Waals surface area contributed by atoms with E-state index in [0.717, 1.165) is 6.07 Å². The lowest BCUT2D eigenvalue weighted by Crippen LogP contribution is -2.04. The van der Waals surface area contributed by atoms with E-state index in [0.29, 0.717) is 6.61 Å². The van der Waals surface area contributed by atoms with E-state index >= 15 is 0 Å². The molecule has 0 fully saturated rings. The van der Waals surface area contributed by atoms with E-state index < -0.39 is 11.9 Å². The summed E-state index contributed by atoms with van der Waals surface area (Å²) in [4.78, 5) is 0. The van der Waals surface area contributed by atoms with Crippen LogP contribution in [0.1, 0.15) is 12.6 Å². The van der Waals surface area contributed by atoms with E-state index in [2.05, 4.69) is 5.10 Å². The third-order valence-corrected chi connectivity index (χ3v) is 1.15. The molecule has 0 spiro atoms. The van der Waals surface area contributed by atoms with Crippen LogP contribution in [0.3, 0.4) is 0 Å². The second-order valence-corrected chi connectivity index (χ2v) is 2.05. The highest BCUT2D eigenvalue weighted by Gasteiger charge is 2.33. The van der Waals surface area contributed by atoms with Gasteiger partial charge in [0.2, 0.25) is 5.88 Å². The van der Waals surface area contributed by atoms with Crippen molar-refractivity contribution in [3.63, 3.8) is 0 Å². The number of nitrogens with zero attached hydrogens (tertiary/aromatic N) is 1. The molecular weight excluding hydrogens is 173 g/mol. The molecule has 0 aliphatic carbocycles. The lowest BCUT2D eigenvalue weighted by Gasteiger charge is -1.99. The molecule has 1 aromatic rings. The van der Waals surface area contributed by atoms with Crippen LogP contribution < -0.4 is 4.74 Å². The highest BCUT2D eigenvalue weighted by atomic mass is 19.4. The lowest BCUT2D eigenvalue weighted by atomic mass is 10.4. The Labute approximate surface area is 66.5 Å². The van der Waals surface area contributed by atoms with Crippen LogP contribution >= 0.6 is 0 Å². The van der Waals surface area contributed by atoms with Gasteiger partial charge in [0.1, 0.15) is 5.69 Å². The fourth-order valence-electron chi connectivity index (χ4n) is 0.670. The van der Waals surface area contributed by atoms with Crippen molar-refractivity contribution >= 4 is 0 Å². The quantitative estimate of drug-likeness (QED) is 0.753. The van der Waals surface area contributed by atoms with E-state index in [-0.39, 0.29) is 5.88 Å². The Morgan fingerprint density at radius 2 is 2.25 bits per heavy atom. The summed E-state index contributed by atoms with van der Waals surface area (Å²) in [6, 6.07) is 0.823. The predicted molar refractivity (Wildman–Crippen MR) is 34.8 cm³/mol. The Morgan fingerprint density at radius 3 is 2.67 bits per heavy atom. The van der Waals surface area contributed by atoms with Crippen LogP contribution in [0.15, 0.2) is 6.07 Å². The normalized spacial score (nSPS) is 11.7. The molecule has 0 saturated carbocycles. The van der Waals surface area contributed by atoms with Gasteiger partial charge in [-0.25, -0.2) is 0 Å². The van der Waals surface area contributed by atoms with Crippen molar-refractivity contribution in [3.8, 4) is 5.88 Å². The van der Waals surface area contributed by atoms with E-state index in [1.807, 2.05) is 5.10 Å². The minimum Gasteiger partial charge on any atom is -0.477 e. The molecule has 0 atom stereocenters. The molecule has 6 heteroatoms. The van der Waals surface area contributed by atoms with Crippen LogP contribution in [0.4, 0.5) is 13.2 Å². The molecule has 68 valence electrons. The Hall–Kier alpha value is -1.20. The van der Waals surface area contributed by atoms with Gasteiger partial charge in [-0.05, 0) is 6.92 Å². The molecule has 0 aliphatic heterocycles. The van der Waals surface area contributed by atoms with Gasteiger partial charge in [-0.3, -0.25) is 5.10 Å². The molecule has 0 saturated heterocycles. The lowest BCUT2D eigenvalue weighted by molar-refractivity contribution is -0.141. The van der Waals surface area contributed by atoms with E-state index in [9.17, 15) is 13.2 Å². The summed E-state index contributed by atoms with van der Waals surface area (Å²) >= 11 is 0. The van der Waals surface area contributed by atoms with Crippen molar-refractivity contribution in [2.75, 3.05) is 6.61 Å². The Balaban J connectivity index is 2.77. The van der Waals surface area contributed by atoms with Gasteiger partial charge in [0.25, 0.3) is 0 Å². The van der Waals surface area contributed by atoms with Gasteiger partial charge in [-0.15, -0.1) is 5.10 Å². The summed E-state index contributed by atoms with van der Waals surface area (Å²) in [6.45, 7) is 1.96. The van der Waals surface area contributed by atoms with Gasteiger partial charge in [-0.1, -0.05) is 0 Å². The van der Waals surface area contributed by atoms with Crippen molar-refractivity contribution in [1.82, 2.24) is 10.2 Å². The summed E-state index contributed by atoms with van der Waals surface area (Å²) in [6.07, 6.45) is -4.39. The number of halogens is 3. The molecule has 12 heavy (non-hydrogen) atoms. The topological polar surface area (TPSA) is 37.9 Å². The fourth-order valence-corrected chi connectivity index (χ4v) is 0.670. The van der Waals surface area contributed by atoms with Gasteiger partial charge in [0.15, 0.2) is 0 Å². The zero-order chi connectivity index (χ0) is 9.19. The molecular formula is C6H7F3N2O. The van der Waals surface area contributed by atoms with Gasteiger partial charge >= 0.3 is 6.18 Å². The van der Waals surface area contributed by atoms with Crippen LogP contribution in [0, 0.1) is 0 Å². The third-order valence-electron chi connectivity index (χ3n) is 1.15. The number of H-pyrrole nitrogens is 1. The van der Waals surface area contributed by atoms with E-state index in [1.54, 1.807) is 6.92 Å². The number of alkyl halides is 3. The fraction of sp³-hybridized carbons (Fsp3) is 0.500. The molecule has 0 bridgehead atoms. The molecule has 3 nitrogen and oxygen atoms in total. The third kappa shape index (κ3) is 1.90. The van der Waals surface area contributed by atoms with Crippen LogP contribution in [0.5, 0.6) is 5.88 Å². The van der Waals surface area contributed by atoms with Gasteiger partial charge < -0.3 is 4.74 Å². The molecule has 0 aliphatic rings. The van der Waals surface area contributed by atoms with Crippen LogP contribution in [0.25, 0.3) is 0 Å². The molecule has 1 N–H and O–H groups in total. The zero-order valence-corrected chi connectivity index (χ0v) is 6.27. The molecule has 0 aromatic carbocycles. The first-order valence-corrected chi connectivity index (χ1v) is 3.29. The molecule has 1 aromatic heterocycles. The largest absolute Gasteiger partial charge is 0.477 e. The van der Waals surface area contributed by atoms with Crippen molar-refractivity contribution in [2.24, 2.45) is 0 Å². The summed E-state index contributed by atoms with van der Waals surface area (Å²) in [5.74, 6) is -0.0372. The van der Waals surface area contributed by atoms with Crippen LogP contribution in [-0.4, -0.2) is 16.8 Å². The number of aromatic nitrogens is 2. The summed E-state index contributed by atoms with van der Waals surface area (Å²) in [7, 11) is 0. The first kappa shape index (κ1) is 8.89. The Morgan fingerprint density at radius 1 is 1.58 bits per heavy atom. The van der Waals surface area contributed by atoms with Crippen LogP contribution in [-0.2, 0) is 6.18 Å². The average Bonchev–Trinajstić information content (AvgIpc) is 2.35. The highest BCUT2D eigenvalue weighted by Crippen LogP contribution is 2.29.